The Labute approximate surface area is 104 Å². The second-order valence-electron chi connectivity index (χ2n) is 3.45. The summed E-state index contributed by atoms with van der Waals surface area (Å²) in [5, 5.41) is 9.66. The number of phenols is 1. The smallest absolute Gasteiger partial charge is 0.171 e. The van der Waals surface area contributed by atoms with Gasteiger partial charge in [0.05, 0.1) is 10.7 Å². The van der Waals surface area contributed by atoms with Crippen molar-refractivity contribution in [2.75, 3.05) is 7.11 Å². The number of ether oxygens (including phenoxy) is 1. The number of rotatable bonds is 4. The number of methoxy groups -OCH3 is 1. The van der Waals surface area contributed by atoms with Crippen LogP contribution in [-0.4, -0.2) is 12.2 Å². The van der Waals surface area contributed by atoms with Crippen molar-refractivity contribution in [2.45, 2.75) is 25.8 Å². The van der Waals surface area contributed by atoms with E-state index in [1.807, 2.05) is 6.07 Å². The Morgan fingerprint density at radius 3 is 2.73 bits per heavy atom. The summed E-state index contributed by atoms with van der Waals surface area (Å²) in [7, 11) is 1.54. The van der Waals surface area contributed by atoms with E-state index in [4.69, 9.17) is 10.5 Å². The van der Waals surface area contributed by atoms with Gasteiger partial charge in [-0.1, -0.05) is 13.3 Å². The summed E-state index contributed by atoms with van der Waals surface area (Å²) in [6, 6.07) is 3.72. The highest BCUT2D eigenvalue weighted by atomic mass is 127. The molecule has 0 aliphatic carbocycles. The summed E-state index contributed by atoms with van der Waals surface area (Å²) < 4.78 is 5.86. The van der Waals surface area contributed by atoms with Gasteiger partial charge in [0.15, 0.2) is 11.5 Å². The molecule has 0 bridgehead atoms. The number of aromatic hydroxyl groups is 1. The van der Waals surface area contributed by atoms with E-state index in [9.17, 15) is 5.11 Å². The number of benzene rings is 1. The Kier molecular flexibility index (Phi) is 4.66. The quantitative estimate of drug-likeness (QED) is 0.839. The van der Waals surface area contributed by atoms with Crippen molar-refractivity contribution in [1.82, 2.24) is 0 Å². The minimum absolute atomic E-state index is 0.0121. The maximum atomic E-state index is 9.66. The molecule has 3 N–H and O–H groups in total. The zero-order valence-corrected chi connectivity index (χ0v) is 11.1. The summed E-state index contributed by atoms with van der Waals surface area (Å²) in [6.07, 6.45) is 1.98. The lowest BCUT2D eigenvalue weighted by Gasteiger charge is -2.14. The molecule has 0 unspecified atom stereocenters. The van der Waals surface area contributed by atoms with E-state index in [1.165, 1.54) is 0 Å². The molecule has 1 atom stereocenters. The molecule has 0 heterocycles. The van der Waals surface area contributed by atoms with Gasteiger partial charge in [-0.25, -0.2) is 0 Å². The van der Waals surface area contributed by atoms with E-state index in [2.05, 4.69) is 29.5 Å². The molecule has 0 aromatic heterocycles. The summed E-state index contributed by atoms with van der Waals surface area (Å²) in [4.78, 5) is 0. The number of halogens is 1. The third kappa shape index (κ3) is 2.98. The van der Waals surface area contributed by atoms with Gasteiger partial charge in [0.25, 0.3) is 0 Å². The van der Waals surface area contributed by atoms with E-state index < -0.39 is 0 Å². The predicted molar refractivity (Wildman–Crippen MR) is 69.2 cm³/mol. The van der Waals surface area contributed by atoms with Gasteiger partial charge in [0, 0.05) is 6.04 Å². The normalized spacial score (nSPS) is 12.5. The Morgan fingerprint density at radius 1 is 1.53 bits per heavy atom. The number of nitrogens with two attached hydrogens (primary N) is 1. The molecule has 1 aromatic carbocycles. The van der Waals surface area contributed by atoms with E-state index in [0.717, 1.165) is 22.0 Å². The van der Waals surface area contributed by atoms with Gasteiger partial charge in [-0.3, -0.25) is 0 Å². The Balaban J connectivity index is 3.05. The van der Waals surface area contributed by atoms with E-state index in [-0.39, 0.29) is 11.8 Å². The molecule has 0 radical (unpaired) electrons. The van der Waals surface area contributed by atoms with Crippen LogP contribution in [0.3, 0.4) is 0 Å². The van der Waals surface area contributed by atoms with Crippen molar-refractivity contribution in [3.05, 3.63) is 21.3 Å². The maximum absolute atomic E-state index is 9.66. The summed E-state index contributed by atoms with van der Waals surface area (Å²) in [5.41, 5.74) is 7.02. The van der Waals surface area contributed by atoms with Crippen LogP contribution in [0, 0.1) is 3.57 Å². The first kappa shape index (κ1) is 12.6. The largest absolute Gasteiger partial charge is 0.504 e. The Morgan fingerprint density at radius 2 is 2.20 bits per heavy atom. The number of hydrogen-bond donors (Lipinski definition) is 2. The molecule has 0 fully saturated rings. The van der Waals surface area contributed by atoms with Gasteiger partial charge < -0.3 is 15.6 Å². The molecule has 0 aliphatic heterocycles. The molecule has 4 heteroatoms. The molecule has 1 aromatic rings. The van der Waals surface area contributed by atoms with Crippen molar-refractivity contribution in [1.29, 1.82) is 0 Å². The first-order chi connectivity index (χ1) is 7.10. The van der Waals surface area contributed by atoms with Gasteiger partial charge in [0.1, 0.15) is 0 Å². The molecule has 0 aliphatic rings. The first-order valence-corrected chi connectivity index (χ1v) is 6.00. The lowest BCUT2D eigenvalue weighted by Crippen LogP contribution is -2.10. The van der Waals surface area contributed by atoms with Gasteiger partial charge in [-0.2, -0.15) is 0 Å². The van der Waals surface area contributed by atoms with Crippen molar-refractivity contribution in [3.63, 3.8) is 0 Å². The molecule has 84 valence electrons. The number of hydrogen-bond acceptors (Lipinski definition) is 3. The molecule has 0 saturated heterocycles. The van der Waals surface area contributed by atoms with Crippen molar-refractivity contribution in [2.24, 2.45) is 5.73 Å². The zero-order valence-electron chi connectivity index (χ0n) is 8.96. The standard InChI is InChI=1S/C11H16INO2/c1-3-4-9(13)7-5-8(12)11(14)10(6-7)15-2/h5-6,9,14H,3-4,13H2,1-2H3/t9-/m0/s1. The van der Waals surface area contributed by atoms with Crippen LogP contribution >= 0.6 is 22.6 Å². The minimum Gasteiger partial charge on any atom is -0.504 e. The monoisotopic (exact) mass is 321 g/mol. The van der Waals surface area contributed by atoms with E-state index >= 15 is 0 Å². The fourth-order valence-electron chi connectivity index (χ4n) is 1.44. The SMILES string of the molecule is CCC[C@H](N)c1cc(I)c(O)c(OC)c1. The molecule has 0 spiro atoms. The second kappa shape index (κ2) is 5.55. The topological polar surface area (TPSA) is 55.5 Å². The maximum Gasteiger partial charge on any atom is 0.171 e. The van der Waals surface area contributed by atoms with Gasteiger partial charge in [0.2, 0.25) is 0 Å². The Hall–Kier alpha value is -0.490. The van der Waals surface area contributed by atoms with Crippen molar-refractivity contribution >= 4 is 22.6 Å². The van der Waals surface area contributed by atoms with E-state index in [1.54, 1.807) is 13.2 Å². The van der Waals surface area contributed by atoms with Crippen LogP contribution in [0.25, 0.3) is 0 Å². The highest BCUT2D eigenvalue weighted by Gasteiger charge is 2.12. The van der Waals surface area contributed by atoms with Crippen molar-refractivity contribution in [3.8, 4) is 11.5 Å². The fourth-order valence-corrected chi connectivity index (χ4v) is 2.07. The van der Waals surface area contributed by atoms with Crippen LogP contribution in [0.1, 0.15) is 31.4 Å². The zero-order chi connectivity index (χ0) is 11.4. The first-order valence-electron chi connectivity index (χ1n) is 4.92. The number of phenolic OH excluding ortho intramolecular Hbond substituents is 1. The van der Waals surface area contributed by atoms with Gasteiger partial charge in [-0.15, -0.1) is 0 Å². The second-order valence-corrected chi connectivity index (χ2v) is 4.61. The summed E-state index contributed by atoms with van der Waals surface area (Å²) in [6.45, 7) is 2.10. The van der Waals surface area contributed by atoms with Crippen LogP contribution in [0.4, 0.5) is 0 Å². The molecule has 0 amide bonds. The average molecular weight is 321 g/mol. The van der Waals surface area contributed by atoms with Gasteiger partial charge >= 0.3 is 0 Å². The lowest BCUT2D eigenvalue weighted by molar-refractivity contribution is 0.370. The molecule has 0 saturated carbocycles. The van der Waals surface area contributed by atoms with Crippen LogP contribution in [0.5, 0.6) is 11.5 Å². The highest BCUT2D eigenvalue weighted by Crippen LogP contribution is 2.34. The Bertz CT molecular complexity index is 342. The lowest BCUT2D eigenvalue weighted by atomic mass is 10.0. The summed E-state index contributed by atoms with van der Waals surface area (Å²) >= 11 is 2.08. The van der Waals surface area contributed by atoms with E-state index in [0.29, 0.717) is 5.75 Å². The van der Waals surface area contributed by atoms with Crippen LogP contribution in [0.2, 0.25) is 0 Å². The molecular weight excluding hydrogens is 305 g/mol. The predicted octanol–water partition coefficient (Wildman–Crippen LogP) is 2.81. The molecule has 1 rings (SSSR count). The average Bonchev–Trinajstić information content (AvgIpc) is 2.22. The van der Waals surface area contributed by atoms with Crippen molar-refractivity contribution < 1.29 is 9.84 Å². The van der Waals surface area contributed by atoms with Gasteiger partial charge in [-0.05, 0) is 46.7 Å². The summed E-state index contributed by atoms with van der Waals surface area (Å²) in [5.74, 6) is 0.675. The molecular formula is C11H16INO2. The van der Waals surface area contributed by atoms with Crippen LogP contribution in [0.15, 0.2) is 12.1 Å². The van der Waals surface area contributed by atoms with Crippen LogP contribution in [-0.2, 0) is 0 Å². The minimum atomic E-state index is 0.0121. The third-order valence-corrected chi connectivity index (χ3v) is 3.12. The fraction of sp³-hybridized carbons (Fsp3) is 0.455. The molecule has 15 heavy (non-hydrogen) atoms. The molecule has 3 nitrogen and oxygen atoms in total. The third-order valence-electron chi connectivity index (χ3n) is 2.30. The van der Waals surface area contributed by atoms with Crippen LogP contribution < -0.4 is 10.5 Å². The highest BCUT2D eigenvalue weighted by molar-refractivity contribution is 14.1.